The van der Waals surface area contributed by atoms with Gasteiger partial charge in [0, 0.05) is 23.5 Å². The summed E-state index contributed by atoms with van der Waals surface area (Å²) in [6, 6.07) is 39.2. The van der Waals surface area contributed by atoms with Crippen LogP contribution < -0.4 is 0 Å². The summed E-state index contributed by atoms with van der Waals surface area (Å²) in [5.74, 6) is -1.34. The molecule has 0 radical (unpaired) electrons. The van der Waals surface area contributed by atoms with Crippen molar-refractivity contribution >= 4 is 17.4 Å². The van der Waals surface area contributed by atoms with E-state index in [9.17, 15) is 9.90 Å². The molecule has 1 fully saturated rings. The average molecular weight is 517 g/mol. The maximum atomic E-state index is 13.7. The van der Waals surface area contributed by atoms with E-state index in [-0.39, 0.29) is 24.9 Å². The maximum Gasteiger partial charge on any atom is 0.315 e. The van der Waals surface area contributed by atoms with Gasteiger partial charge in [0.15, 0.2) is 0 Å². The summed E-state index contributed by atoms with van der Waals surface area (Å²) < 4.78 is 5.84. The molecule has 1 N–H and O–H groups in total. The van der Waals surface area contributed by atoms with Gasteiger partial charge in [-0.1, -0.05) is 121 Å². The Labute approximate surface area is 229 Å². The van der Waals surface area contributed by atoms with Crippen molar-refractivity contribution in [3.63, 3.8) is 0 Å². The van der Waals surface area contributed by atoms with E-state index in [2.05, 4.69) is 0 Å². The summed E-state index contributed by atoms with van der Waals surface area (Å²) in [6.45, 7) is 1.97. The van der Waals surface area contributed by atoms with Crippen molar-refractivity contribution in [3.05, 3.63) is 144 Å². The molecule has 0 bridgehead atoms. The highest BCUT2D eigenvalue weighted by Gasteiger charge is 2.45. The highest BCUT2D eigenvalue weighted by Crippen LogP contribution is 2.42. The van der Waals surface area contributed by atoms with Gasteiger partial charge in [0.1, 0.15) is 18.2 Å². The van der Waals surface area contributed by atoms with Gasteiger partial charge in [-0.25, -0.2) is 0 Å². The molecule has 0 amide bonds. The van der Waals surface area contributed by atoms with Crippen LogP contribution in [0.4, 0.5) is 0 Å². The normalized spacial score (nSPS) is 21.7. The van der Waals surface area contributed by atoms with Crippen LogP contribution in [0.15, 0.2) is 132 Å². The van der Waals surface area contributed by atoms with Crippen LogP contribution in [-0.2, 0) is 16.1 Å². The summed E-state index contributed by atoms with van der Waals surface area (Å²) in [6.07, 6.45) is 0.636. The number of hydrogen-bond donors (Lipinski definition) is 1. The zero-order valence-corrected chi connectivity index (χ0v) is 22.0. The van der Waals surface area contributed by atoms with E-state index in [0.29, 0.717) is 17.8 Å². The SMILES string of the molecule is C[C@]1(O)C/C(=N/N=C(c2ccccc2)c2ccccc2)[C@@H](C(=O)OCc2ccccc2)[C@@H](c2ccccc2)C1. The molecule has 0 aromatic heterocycles. The van der Waals surface area contributed by atoms with Gasteiger partial charge in [-0.2, -0.15) is 5.10 Å². The Morgan fingerprint density at radius 1 is 0.821 bits per heavy atom. The Morgan fingerprint density at radius 2 is 1.33 bits per heavy atom. The van der Waals surface area contributed by atoms with Gasteiger partial charge >= 0.3 is 5.97 Å². The zero-order valence-electron chi connectivity index (χ0n) is 22.0. The van der Waals surface area contributed by atoms with Gasteiger partial charge in [-0.15, -0.1) is 5.10 Å². The second kappa shape index (κ2) is 12.0. The number of benzene rings is 4. The van der Waals surface area contributed by atoms with Gasteiger partial charge in [-0.3, -0.25) is 4.79 Å². The number of nitrogens with zero attached hydrogens (tertiary/aromatic N) is 2. The molecule has 196 valence electrons. The fraction of sp³-hybridized carbons (Fsp3) is 0.206. The van der Waals surface area contributed by atoms with Gasteiger partial charge in [-0.05, 0) is 24.5 Å². The first-order valence-corrected chi connectivity index (χ1v) is 13.2. The topological polar surface area (TPSA) is 71.2 Å². The van der Waals surface area contributed by atoms with Crippen molar-refractivity contribution in [1.29, 1.82) is 0 Å². The van der Waals surface area contributed by atoms with E-state index < -0.39 is 11.5 Å². The molecular formula is C34H32N2O3. The summed E-state index contributed by atoms with van der Waals surface area (Å²) in [5.41, 5.74) is 3.87. The quantitative estimate of drug-likeness (QED) is 0.172. The molecule has 3 atom stereocenters. The second-order valence-corrected chi connectivity index (χ2v) is 10.2. The van der Waals surface area contributed by atoms with Crippen molar-refractivity contribution < 1.29 is 14.6 Å². The fourth-order valence-corrected chi connectivity index (χ4v) is 5.21. The molecule has 5 nitrogen and oxygen atoms in total. The second-order valence-electron chi connectivity index (χ2n) is 10.2. The minimum Gasteiger partial charge on any atom is -0.460 e. The molecule has 1 aliphatic rings. The Morgan fingerprint density at radius 3 is 1.90 bits per heavy atom. The summed E-state index contributed by atoms with van der Waals surface area (Å²) in [7, 11) is 0. The van der Waals surface area contributed by atoms with Crippen LogP contribution in [0, 0.1) is 5.92 Å². The van der Waals surface area contributed by atoms with Crippen LogP contribution >= 0.6 is 0 Å². The Hall–Kier alpha value is -4.35. The number of rotatable bonds is 7. The van der Waals surface area contributed by atoms with Crippen LogP contribution in [0.25, 0.3) is 0 Å². The van der Waals surface area contributed by atoms with E-state index in [1.165, 1.54) is 0 Å². The lowest BCUT2D eigenvalue weighted by atomic mass is 9.68. The number of ether oxygens (including phenoxy) is 1. The third-order valence-corrected chi connectivity index (χ3v) is 7.06. The Bertz CT molecular complexity index is 1390. The molecule has 0 aliphatic heterocycles. The van der Waals surface area contributed by atoms with Crippen molar-refractivity contribution in [2.24, 2.45) is 16.1 Å². The van der Waals surface area contributed by atoms with E-state index in [1.807, 2.05) is 121 Å². The first-order chi connectivity index (χ1) is 19.0. The summed E-state index contributed by atoms with van der Waals surface area (Å²) in [5, 5.41) is 20.7. The molecule has 0 spiro atoms. The van der Waals surface area contributed by atoms with Crippen molar-refractivity contribution in [2.45, 2.75) is 37.9 Å². The molecule has 0 unspecified atom stereocenters. The lowest BCUT2D eigenvalue weighted by Gasteiger charge is -2.39. The van der Waals surface area contributed by atoms with Crippen molar-refractivity contribution in [1.82, 2.24) is 0 Å². The monoisotopic (exact) mass is 516 g/mol. The molecule has 39 heavy (non-hydrogen) atoms. The van der Waals surface area contributed by atoms with Gasteiger partial charge < -0.3 is 9.84 Å². The molecule has 0 heterocycles. The van der Waals surface area contributed by atoms with Crippen LogP contribution in [0.2, 0.25) is 0 Å². The highest BCUT2D eigenvalue weighted by atomic mass is 16.5. The fourth-order valence-electron chi connectivity index (χ4n) is 5.21. The predicted molar refractivity (Wildman–Crippen MR) is 155 cm³/mol. The van der Waals surface area contributed by atoms with E-state index in [1.54, 1.807) is 6.92 Å². The van der Waals surface area contributed by atoms with Crippen LogP contribution in [0.5, 0.6) is 0 Å². The minimum absolute atomic E-state index is 0.171. The smallest absolute Gasteiger partial charge is 0.315 e. The van der Waals surface area contributed by atoms with E-state index in [4.69, 9.17) is 14.9 Å². The van der Waals surface area contributed by atoms with Crippen molar-refractivity contribution in [3.8, 4) is 0 Å². The number of esters is 1. The van der Waals surface area contributed by atoms with Crippen LogP contribution in [-0.4, -0.2) is 28.1 Å². The van der Waals surface area contributed by atoms with E-state index >= 15 is 0 Å². The zero-order chi connectivity index (χ0) is 27.1. The van der Waals surface area contributed by atoms with Gasteiger partial charge in [0.2, 0.25) is 0 Å². The molecular weight excluding hydrogens is 484 g/mol. The molecule has 5 heteroatoms. The predicted octanol–water partition coefficient (Wildman–Crippen LogP) is 6.57. The number of hydrogen-bond acceptors (Lipinski definition) is 5. The first kappa shape index (κ1) is 26.3. The molecule has 1 saturated carbocycles. The lowest BCUT2D eigenvalue weighted by Crippen LogP contribution is -2.45. The standard InChI is InChI=1S/C34H32N2O3/c1-34(38)22-29(26-16-8-3-9-17-26)31(33(37)39-24-25-14-6-2-7-15-25)30(23-34)35-36-32(27-18-10-4-11-19-27)28-20-12-5-13-21-28/h2-21,29,31,38H,22-24H2,1H3/b35-30-/t29-,31+,34-/m1/s1. The molecule has 4 aromatic rings. The first-order valence-electron chi connectivity index (χ1n) is 13.2. The number of carbonyl (C=O) groups excluding carboxylic acids is 1. The molecule has 0 saturated heterocycles. The molecule has 5 rings (SSSR count). The third kappa shape index (κ3) is 6.57. The highest BCUT2D eigenvalue weighted by molar-refractivity contribution is 6.13. The molecule has 4 aromatic carbocycles. The Kier molecular flexibility index (Phi) is 8.09. The minimum atomic E-state index is -1.05. The van der Waals surface area contributed by atoms with Crippen LogP contribution in [0.1, 0.15) is 47.9 Å². The van der Waals surface area contributed by atoms with E-state index in [0.717, 1.165) is 22.3 Å². The summed E-state index contributed by atoms with van der Waals surface area (Å²) in [4.78, 5) is 13.7. The van der Waals surface area contributed by atoms with Crippen molar-refractivity contribution in [2.75, 3.05) is 0 Å². The van der Waals surface area contributed by atoms with Gasteiger partial charge in [0.05, 0.1) is 11.3 Å². The van der Waals surface area contributed by atoms with Crippen LogP contribution in [0.3, 0.4) is 0 Å². The number of carbonyl (C=O) groups is 1. The largest absolute Gasteiger partial charge is 0.460 e. The third-order valence-electron chi connectivity index (χ3n) is 7.06. The Balaban J connectivity index is 1.57. The average Bonchev–Trinajstić information content (AvgIpc) is 2.97. The lowest BCUT2D eigenvalue weighted by molar-refractivity contribution is -0.149. The molecule has 1 aliphatic carbocycles. The maximum absolute atomic E-state index is 13.7. The summed E-state index contributed by atoms with van der Waals surface area (Å²) >= 11 is 0. The van der Waals surface area contributed by atoms with Gasteiger partial charge in [0.25, 0.3) is 0 Å². The number of aliphatic hydroxyl groups is 1.